The Bertz CT molecular complexity index is 883. The summed E-state index contributed by atoms with van der Waals surface area (Å²) in [5.41, 5.74) is 3.64. The number of unbranched alkanes of at least 4 members (excludes halogenated alkanes) is 3. The van der Waals surface area contributed by atoms with Crippen molar-refractivity contribution >= 4 is 22.6 Å². The van der Waals surface area contributed by atoms with Gasteiger partial charge in [0.05, 0.1) is 12.2 Å². The summed E-state index contributed by atoms with van der Waals surface area (Å²) in [4.78, 5) is 25.6. The highest BCUT2D eigenvalue weighted by Crippen LogP contribution is 2.24. The maximum atomic E-state index is 12.6. The molecule has 0 bridgehead atoms. The second kappa shape index (κ2) is 11.8. The van der Waals surface area contributed by atoms with Gasteiger partial charge < -0.3 is 10.2 Å². The molecule has 31 heavy (non-hydrogen) atoms. The van der Waals surface area contributed by atoms with Crippen molar-refractivity contribution in [3.05, 3.63) is 71.3 Å². The van der Waals surface area contributed by atoms with Gasteiger partial charge in [0, 0.05) is 17.3 Å². The zero-order valence-electron chi connectivity index (χ0n) is 18.2. The van der Waals surface area contributed by atoms with E-state index >= 15 is 0 Å². The Hall–Kier alpha value is -2.47. The molecule has 2 aromatic rings. The average molecular weight is 441 g/mol. The summed E-state index contributed by atoms with van der Waals surface area (Å²) in [5.74, 6) is 0.131. The van der Waals surface area contributed by atoms with E-state index in [0.717, 1.165) is 37.7 Å². The fraction of sp³-hybridized carbons (Fsp3) is 0.440. The lowest BCUT2D eigenvalue weighted by Gasteiger charge is -2.39. The highest BCUT2D eigenvalue weighted by atomic mass is 32.2. The predicted octanol–water partition coefficient (Wildman–Crippen LogP) is 3.72. The molecular weight excluding hydrogens is 408 g/mol. The Morgan fingerprint density at radius 3 is 2.42 bits per heavy atom. The van der Waals surface area contributed by atoms with Gasteiger partial charge in [0.1, 0.15) is 11.9 Å². The van der Waals surface area contributed by atoms with Crippen LogP contribution in [0.5, 0.6) is 0 Å². The molecule has 5 nitrogen and oxygen atoms in total. The molecule has 2 unspecified atom stereocenters. The summed E-state index contributed by atoms with van der Waals surface area (Å²) < 4.78 is 12.6. The van der Waals surface area contributed by atoms with Crippen molar-refractivity contribution in [3.8, 4) is 0 Å². The van der Waals surface area contributed by atoms with Gasteiger partial charge in [-0.2, -0.15) is 0 Å². The topological polar surface area (TPSA) is 66.5 Å². The first-order valence-corrected chi connectivity index (χ1v) is 12.4. The fourth-order valence-corrected chi connectivity index (χ4v) is 5.20. The van der Waals surface area contributed by atoms with Gasteiger partial charge >= 0.3 is 0 Å². The number of likely N-dealkylation sites (tertiary alicyclic amines) is 1. The van der Waals surface area contributed by atoms with Gasteiger partial charge in [0.15, 0.2) is 0 Å². The van der Waals surface area contributed by atoms with Gasteiger partial charge in [-0.25, -0.2) is 0 Å². The largest absolute Gasteiger partial charge is 0.355 e. The van der Waals surface area contributed by atoms with Gasteiger partial charge in [-0.1, -0.05) is 73.0 Å². The summed E-state index contributed by atoms with van der Waals surface area (Å²) in [6, 6.07) is 18.3. The number of rotatable bonds is 12. The molecule has 1 aliphatic rings. The second-order valence-corrected chi connectivity index (χ2v) is 9.79. The number of aryl methyl sites for hydroxylation is 2. The number of nitrogens with zero attached hydrogens (tertiary/aromatic N) is 1. The standard InChI is InChI=1S/C25H32N2O3S/c1-20-12-14-21(15-13-20)9-5-2-3-8-16-26-23(28)18-27-24(29)17-25(27)31(30)19-22-10-6-4-7-11-22/h4,6-7,10-15,25H,2-3,5,8-9,16-19H2,1H3,(H,26,28). The molecule has 1 fully saturated rings. The minimum absolute atomic E-state index is 0.00253. The third kappa shape index (κ3) is 7.31. The minimum Gasteiger partial charge on any atom is -0.355 e. The van der Waals surface area contributed by atoms with Gasteiger partial charge in [-0.15, -0.1) is 0 Å². The molecule has 2 amide bonds. The van der Waals surface area contributed by atoms with Crippen molar-refractivity contribution in [1.29, 1.82) is 0 Å². The number of carbonyl (C=O) groups excluding carboxylic acids is 2. The molecular formula is C25H32N2O3S. The Morgan fingerprint density at radius 1 is 1.00 bits per heavy atom. The minimum atomic E-state index is -1.20. The van der Waals surface area contributed by atoms with Crippen LogP contribution in [0.2, 0.25) is 0 Å². The molecule has 1 N–H and O–H groups in total. The van der Waals surface area contributed by atoms with Crippen LogP contribution in [0.1, 0.15) is 48.8 Å². The lowest BCUT2D eigenvalue weighted by Crippen LogP contribution is -2.57. The molecule has 0 spiro atoms. The van der Waals surface area contributed by atoms with Crippen LogP contribution in [0.4, 0.5) is 0 Å². The van der Waals surface area contributed by atoms with Crippen LogP contribution in [0.25, 0.3) is 0 Å². The van der Waals surface area contributed by atoms with Crippen molar-refractivity contribution in [2.45, 2.75) is 56.6 Å². The average Bonchev–Trinajstić information content (AvgIpc) is 2.77. The monoisotopic (exact) mass is 440 g/mol. The van der Waals surface area contributed by atoms with Gasteiger partial charge in [0.25, 0.3) is 0 Å². The number of carbonyl (C=O) groups is 2. The highest BCUT2D eigenvalue weighted by Gasteiger charge is 2.40. The van der Waals surface area contributed by atoms with E-state index in [2.05, 4.69) is 36.5 Å². The summed E-state index contributed by atoms with van der Waals surface area (Å²) >= 11 is 0. The van der Waals surface area contributed by atoms with Crippen LogP contribution in [-0.4, -0.2) is 39.4 Å². The Morgan fingerprint density at radius 2 is 1.71 bits per heavy atom. The molecule has 3 rings (SSSR count). The Balaban J connectivity index is 1.28. The molecule has 0 saturated carbocycles. The van der Waals surface area contributed by atoms with E-state index in [4.69, 9.17) is 0 Å². The van der Waals surface area contributed by atoms with Crippen LogP contribution in [0, 0.1) is 6.92 Å². The van der Waals surface area contributed by atoms with Crippen molar-refractivity contribution < 1.29 is 13.8 Å². The number of hydrogen-bond acceptors (Lipinski definition) is 3. The molecule has 1 aliphatic heterocycles. The van der Waals surface area contributed by atoms with Crippen molar-refractivity contribution in [2.75, 3.05) is 13.1 Å². The van der Waals surface area contributed by atoms with E-state index in [0.29, 0.717) is 12.3 Å². The molecule has 2 aromatic carbocycles. The Labute approximate surface area is 187 Å². The van der Waals surface area contributed by atoms with E-state index in [-0.39, 0.29) is 30.2 Å². The van der Waals surface area contributed by atoms with Gasteiger partial charge in [0.2, 0.25) is 11.8 Å². The Kier molecular flexibility index (Phi) is 8.83. The summed E-state index contributed by atoms with van der Waals surface area (Å²) in [6.45, 7) is 2.71. The molecule has 1 heterocycles. The number of benzene rings is 2. The van der Waals surface area contributed by atoms with Crippen LogP contribution < -0.4 is 5.32 Å². The van der Waals surface area contributed by atoms with E-state index in [1.54, 1.807) is 0 Å². The normalized spacial score (nSPS) is 16.6. The molecule has 0 radical (unpaired) electrons. The third-order valence-electron chi connectivity index (χ3n) is 5.62. The van der Waals surface area contributed by atoms with Crippen LogP contribution in [-0.2, 0) is 32.6 Å². The highest BCUT2D eigenvalue weighted by molar-refractivity contribution is 7.85. The molecule has 6 heteroatoms. The second-order valence-electron chi connectivity index (χ2n) is 8.19. The lowest BCUT2D eigenvalue weighted by atomic mass is 10.0. The fourth-order valence-electron chi connectivity index (χ4n) is 3.69. The van der Waals surface area contributed by atoms with Crippen molar-refractivity contribution in [2.24, 2.45) is 0 Å². The van der Waals surface area contributed by atoms with Crippen molar-refractivity contribution in [1.82, 2.24) is 10.2 Å². The van der Waals surface area contributed by atoms with Crippen LogP contribution >= 0.6 is 0 Å². The summed E-state index contributed by atoms with van der Waals surface area (Å²) in [7, 11) is -1.20. The molecule has 0 aliphatic carbocycles. The maximum absolute atomic E-state index is 12.6. The first kappa shape index (κ1) is 23.2. The van der Waals surface area contributed by atoms with Crippen LogP contribution in [0.3, 0.4) is 0 Å². The third-order valence-corrected chi connectivity index (χ3v) is 7.27. The van der Waals surface area contributed by atoms with E-state index in [1.807, 2.05) is 30.3 Å². The van der Waals surface area contributed by atoms with Gasteiger partial charge in [-0.05, 0) is 37.3 Å². The number of nitrogens with one attached hydrogen (secondary N) is 1. The quantitative estimate of drug-likeness (QED) is 0.404. The number of β-lactam (4-membered cyclic amide) rings is 1. The van der Waals surface area contributed by atoms with Gasteiger partial charge in [-0.3, -0.25) is 13.8 Å². The van der Waals surface area contributed by atoms with Crippen molar-refractivity contribution in [3.63, 3.8) is 0 Å². The number of amides is 2. The van der Waals surface area contributed by atoms with E-state index in [9.17, 15) is 13.8 Å². The number of hydrogen-bond donors (Lipinski definition) is 1. The summed E-state index contributed by atoms with van der Waals surface area (Å²) in [6.07, 6.45) is 5.62. The lowest BCUT2D eigenvalue weighted by molar-refractivity contribution is -0.145. The van der Waals surface area contributed by atoms with Crippen LogP contribution in [0.15, 0.2) is 54.6 Å². The molecule has 166 valence electrons. The molecule has 0 aromatic heterocycles. The zero-order chi connectivity index (χ0) is 22.1. The van der Waals surface area contributed by atoms with E-state index < -0.39 is 10.8 Å². The molecule has 2 atom stereocenters. The van der Waals surface area contributed by atoms with E-state index in [1.165, 1.54) is 16.0 Å². The molecule has 1 saturated heterocycles. The zero-order valence-corrected chi connectivity index (χ0v) is 19.0. The maximum Gasteiger partial charge on any atom is 0.239 e. The predicted molar refractivity (Wildman–Crippen MR) is 125 cm³/mol. The first-order chi connectivity index (χ1) is 15.0. The first-order valence-electron chi connectivity index (χ1n) is 11.1. The smallest absolute Gasteiger partial charge is 0.239 e. The SMILES string of the molecule is Cc1ccc(CCCCCCNC(=O)CN2C(=O)CC2S(=O)Cc2ccccc2)cc1. The summed E-state index contributed by atoms with van der Waals surface area (Å²) in [5, 5.41) is 2.53.